The molecule has 6 aromatic rings. The minimum Gasteiger partial charge on any atom is -0.495 e. The molecule has 0 aliphatic carbocycles. The summed E-state index contributed by atoms with van der Waals surface area (Å²) in [5, 5.41) is 15.3. The van der Waals surface area contributed by atoms with Crippen LogP contribution in [0.2, 0.25) is 5.28 Å². The number of aromatic nitrogens is 4. The number of likely N-dealkylation sites (tertiary alicyclic amines) is 2. The number of benzene rings is 4. The topological polar surface area (TPSA) is 231 Å². The van der Waals surface area contributed by atoms with Crippen LogP contribution in [-0.2, 0) is 19.2 Å². The lowest BCUT2D eigenvalue weighted by Gasteiger charge is -2.29. The van der Waals surface area contributed by atoms with Crippen molar-refractivity contribution in [3.63, 3.8) is 0 Å². The number of carbonyl (C=O) groups is 4. The highest BCUT2D eigenvalue weighted by atomic mass is 35.5. The predicted octanol–water partition coefficient (Wildman–Crippen LogP) is 9.66. The summed E-state index contributed by atoms with van der Waals surface area (Å²) in [6.45, 7) is 12.2. The Morgan fingerprint density at radius 1 is 0.671 bits per heavy atom. The Balaban J connectivity index is 0.000000197. The molecule has 2 saturated heterocycles. The van der Waals surface area contributed by atoms with E-state index in [2.05, 4.69) is 59.7 Å². The van der Waals surface area contributed by atoms with Crippen LogP contribution >= 0.6 is 11.6 Å². The molecule has 0 radical (unpaired) electrons. The fourth-order valence-electron chi connectivity index (χ4n) is 7.81. The zero-order chi connectivity index (χ0) is 52.6. The molecule has 0 spiro atoms. The van der Waals surface area contributed by atoms with Gasteiger partial charge in [-0.25, -0.2) is 15.0 Å². The maximum atomic E-state index is 12.1. The van der Waals surface area contributed by atoms with Crippen LogP contribution in [0, 0.1) is 13.8 Å². The number of nitrogens with one attached hydrogen (secondary N) is 5. The zero-order valence-corrected chi connectivity index (χ0v) is 42.5. The first-order chi connectivity index (χ1) is 35.0. The van der Waals surface area contributed by atoms with Gasteiger partial charge < -0.3 is 51.6 Å². The second kappa shape index (κ2) is 25.6. The van der Waals surface area contributed by atoms with E-state index in [0.29, 0.717) is 59.0 Å². The molecule has 2 fully saturated rings. The van der Waals surface area contributed by atoms with Crippen molar-refractivity contribution < 1.29 is 28.7 Å². The van der Waals surface area contributed by atoms with E-state index in [0.717, 1.165) is 65.2 Å². The number of halogens is 1. The van der Waals surface area contributed by atoms with Gasteiger partial charge in [-0.2, -0.15) is 4.98 Å². The standard InChI is InChI=1S/C27H30N6O3.C14H13ClN4O.C13H18N2O2/c1-5-24(34)29-20-7-6-8-21(15-20)30-26-17(2)16-28-27(32-26)31-22-10-9-18(13-23(22)36-4)19-11-12-33(3)25(35)14-19;1-3-12(20)17-10-5-4-6-11(7-10)18-13-9(2)8-16-14(15)19-13;1-15-6-5-10(8-13(15)16)9-3-4-11(14)12(7-9)17-2/h5-10,13,15-16,19H,1,11-12,14H2,2-4H3,(H,29,34)(H2,28,30,31,32);3-8H,1H2,2H3,(H,17,20)(H,16,18,19);3-4,7,10H,5-6,8,14H2,1-2H3. The van der Waals surface area contributed by atoms with Crippen LogP contribution in [0.15, 0.2) is 123 Å². The van der Waals surface area contributed by atoms with Crippen molar-refractivity contribution in [3.8, 4) is 11.5 Å². The van der Waals surface area contributed by atoms with Gasteiger partial charge in [-0.3, -0.25) is 19.2 Å². The van der Waals surface area contributed by atoms with Crippen molar-refractivity contribution in [3.05, 3.63) is 150 Å². The molecule has 73 heavy (non-hydrogen) atoms. The molecule has 2 unspecified atom stereocenters. The van der Waals surface area contributed by atoms with Gasteiger partial charge in [0.15, 0.2) is 0 Å². The Hall–Kier alpha value is -8.51. The SMILES string of the molecule is C=CC(=O)Nc1cccc(Nc2nc(Cl)ncc2C)c1.C=CC(=O)Nc1cccc(Nc2nc(Nc3ccc(C4CCN(C)C(=O)C4)cc3OC)ncc2C)c1.COc1cc(C2CCN(C)C(=O)C2)ccc1N. The minimum atomic E-state index is -0.278. The molecule has 0 saturated carbocycles. The van der Waals surface area contributed by atoms with Gasteiger partial charge in [-0.05, 0) is 134 Å². The quantitative estimate of drug-likeness (QED) is 0.0339. The van der Waals surface area contributed by atoms with E-state index >= 15 is 0 Å². The molecule has 2 atom stereocenters. The Morgan fingerprint density at radius 2 is 1.15 bits per heavy atom. The van der Waals surface area contributed by atoms with Gasteiger partial charge >= 0.3 is 0 Å². The second-order valence-electron chi connectivity index (χ2n) is 17.3. The summed E-state index contributed by atoms with van der Waals surface area (Å²) >= 11 is 5.77. The van der Waals surface area contributed by atoms with Crippen LogP contribution in [0.1, 0.15) is 59.8 Å². The molecular weight excluding hydrogens is 948 g/mol. The van der Waals surface area contributed by atoms with E-state index in [1.165, 1.54) is 12.2 Å². The predicted molar refractivity (Wildman–Crippen MR) is 289 cm³/mol. The number of rotatable bonds is 14. The molecule has 2 aromatic heterocycles. The van der Waals surface area contributed by atoms with Gasteiger partial charge in [0.1, 0.15) is 23.1 Å². The maximum absolute atomic E-state index is 12.1. The van der Waals surface area contributed by atoms with Crippen LogP contribution in [0.4, 0.5) is 51.7 Å². The maximum Gasteiger partial charge on any atom is 0.247 e. The number of hydrogen-bond acceptors (Lipinski definition) is 14. The number of amides is 4. The highest BCUT2D eigenvalue weighted by molar-refractivity contribution is 6.28. The highest BCUT2D eigenvalue weighted by Crippen LogP contribution is 2.36. The third kappa shape index (κ3) is 15.2. The van der Waals surface area contributed by atoms with Crippen molar-refractivity contribution >= 4 is 86.9 Å². The van der Waals surface area contributed by atoms with Crippen molar-refractivity contribution in [2.24, 2.45) is 0 Å². The molecule has 4 amide bonds. The third-order valence-electron chi connectivity index (χ3n) is 12.1. The monoisotopic (exact) mass is 1010 g/mol. The van der Waals surface area contributed by atoms with E-state index in [1.807, 2.05) is 94.7 Å². The first-order valence-electron chi connectivity index (χ1n) is 23.4. The van der Waals surface area contributed by atoms with Crippen LogP contribution in [-0.4, -0.2) is 94.8 Å². The molecule has 0 bridgehead atoms. The lowest BCUT2D eigenvalue weighted by molar-refractivity contribution is -0.133. The number of piperidine rings is 2. The fraction of sp³-hybridized carbons (Fsp3) is 0.259. The molecule has 19 heteroatoms. The summed E-state index contributed by atoms with van der Waals surface area (Å²) in [4.78, 5) is 67.3. The van der Waals surface area contributed by atoms with Crippen LogP contribution in [0.3, 0.4) is 0 Å². The average Bonchev–Trinajstić information content (AvgIpc) is 3.38. The van der Waals surface area contributed by atoms with Crippen molar-refractivity contribution in [1.82, 2.24) is 29.7 Å². The smallest absolute Gasteiger partial charge is 0.247 e. The van der Waals surface area contributed by atoms with Crippen LogP contribution in [0.25, 0.3) is 0 Å². The summed E-state index contributed by atoms with van der Waals surface area (Å²) in [5.74, 6) is 3.28. The molecule has 18 nitrogen and oxygen atoms in total. The summed E-state index contributed by atoms with van der Waals surface area (Å²) in [6, 6.07) is 26.3. The van der Waals surface area contributed by atoms with Gasteiger partial charge in [0.25, 0.3) is 0 Å². The summed E-state index contributed by atoms with van der Waals surface area (Å²) in [5.41, 5.74) is 13.9. The number of anilines is 9. The van der Waals surface area contributed by atoms with Gasteiger partial charge in [0, 0.05) is 86.3 Å². The summed E-state index contributed by atoms with van der Waals surface area (Å²) < 4.78 is 10.8. The van der Waals surface area contributed by atoms with Gasteiger partial charge in [-0.1, -0.05) is 37.4 Å². The Labute approximate surface area is 430 Å². The highest BCUT2D eigenvalue weighted by Gasteiger charge is 2.26. The minimum absolute atomic E-state index is 0.161. The first kappa shape index (κ1) is 53.8. The normalized spacial score (nSPS) is 15.0. The van der Waals surface area contributed by atoms with Crippen LogP contribution < -0.4 is 41.8 Å². The summed E-state index contributed by atoms with van der Waals surface area (Å²) in [7, 11) is 6.91. The second-order valence-corrected chi connectivity index (χ2v) is 17.6. The van der Waals surface area contributed by atoms with E-state index in [9.17, 15) is 19.2 Å². The van der Waals surface area contributed by atoms with E-state index in [-0.39, 0.29) is 40.7 Å². The summed E-state index contributed by atoms with van der Waals surface area (Å²) in [6.07, 6.45) is 8.80. The Kier molecular flexibility index (Phi) is 18.8. The average molecular weight is 1010 g/mol. The third-order valence-corrected chi connectivity index (χ3v) is 12.2. The number of ether oxygens (including phenoxy) is 2. The van der Waals surface area contributed by atoms with Crippen molar-refractivity contribution in [2.45, 2.75) is 51.4 Å². The number of carbonyl (C=O) groups excluding carboxylic acids is 4. The van der Waals surface area contributed by atoms with Crippen LogP contribution in [0.5, 0.6) is 11.5 Å². The molecule has 7 N–H and O–H groups in total. The molecule has 8 rings (SSSR count). The van der Waals surface area contributed by atoms with E-state index in [4.69, 9.17) is 26.8 Å². The molecule has 4 aromatic carbocycles. The molecular formula is C54H61ClN12O6. The van der Waals surface area contributed by atoms with Crippen molar-refractivity contribution in [1.29, 1.82) is 0 Å². The zero-order valence-electron chi connectivity index (χ0n) is 41.8. The van der Waals surface area contributed by atoms with Gasteiger partial charge in [0.05, 0.1) is 25.6 Å². The molecule has 4 heterocycles. The van der Waals surface area contributed by atoms with Crippen molar-refractivity contribution in [2.75, 3.05) is 73.7 Å². The van der Waals surface area contributed by atoms with E-state index in [1.54, 1.807) is 54.6 Å². The number of methoxy groups -OCH3 is 2. The molecule has 380 valence electrons. The Morgan fingerprint density at radius 3 is 1.66 bits per heavy atom. The molecule has 2 aliphatic rings. The number of hydrogen-bond donors (Lipinski definition) is 6. The first-order valence-corrected chi connectivity index (χ1v) is 23.7. The number of nitrogens with zero attached hydrogens (tertiary/aromatic N) is 6. The number of nitrogen functional groups attached to an aromatic ring is 1. The lowest BCUT2D eigenvalue weighted by Crippen LogP contribution is -2.34. The fourth-order valence-corrected chi connectivity index (χ4v) is 7.94. The lowest BCUT2D eigenvalue weighted by atomic mass is 9.89. The Bertz CT molecular complexity index is 2970. The number of nitrogens with two attached hydrogens (primary N) is 1. The number of aryl methyl sites for hydroxylation is 2. The van der Waals surface area contributed by atoms with Gasteiger partial charge in [0.2, 0.25) is 34.9 Å². The molecule has 2 aliphatic heterocycles. The van der Waals surface area contributed by atoms with E-state index < -0.39 is 0 Å². The largest absolute Gasteiger partial charge is 0.495 e. The van der Waals surface area contributed by atoms with Gasteiger partial charge in [-0.15, -0.1) is 0 Å².